The van der Waals surface area contributed by atoms with E-state index in [1.165, 1.54) is 0 Å². The number of hydrogen-bond acceptors (Lipinski definition) is 11. The molecule has 300 valence electrons. The van der Waals surface area contributed by atoms with Crippen molar-refractivity contribution < 1.29 is 27.6 Å². The van der Waals surface area contributed by atoms with E-state index in [1.807, 2.05) is 54.6 Å². The molecule has 2 heterocycles. The van der Waals surface area contributed by atoms with Crippen molar-refractivity contribution in [2.45, 2.75) is 107 Å². The van der Waals surface area contributed by atoms with Crippen molar-refractivity contribution in [1.29, 1.82) is 10.5 Å². The van der Waals surface area contributed by atoms with Crippen molar-refractivity contribution in [3.8, 4) is 12.1 Å². The van der Waals surface area contributed by atoms with E-state index in [1.54, 1.807) is 0 Å². The summed E-state index contributed by atoms with van der Waals surface area (Å²) in [5.41, 5.74) is 2.42. The largest absolute Gasteiger partial charge is 0.381 e. The van der Waals surface area contributed by atoms with Gasteiger partial charge in [0.05, 0.1) is 69.2 Å². The monoisotopic (exact) mass is 827 g/mol. The molecule has 2 N–H and O–H groups in total. The molecule has 2 aliphatic heterocycles. The Balaban J connectivity index is 1.37. The maximum Gasteiger partial charge on any atom is 0.261 e. The Morgan fingerprint density at radius 3 is 1.72 bits per heavy atom. The third-order valence-electron chi connectivity index (χ3n) is 9.81. The Hall–Kier alpha value is -2.51. The van der Waals surface area contributed by atoms with E-state index in [9.17, 15) is 5.26 Å². The molecule has 2 unspecified atom stereocenters. The van der Waals surface area contributed by atoms with Gasteiger partial charge in [-0.05, 0) is 69.0 Å². The molecule has 2 saturated heterocycles. The highest BCUT2D eigenvalue weighted by Gasteiger charge is 2.44. The summed E-state index contributed by atoms with van der Waals surface area (Å²) in [6.07, 6.45) is 0.300. The minimum atomic E-state index is -3.29. The summed E-state index contributed by atoms with van der Waals surface area (Å²) in [6.45, 7) is 5.57. The topological polar surface area (TPSA) is 130 Å². The molecular weight excluding hydrogens is 774 g/mol. The predicted molar refractivity (Wildman–Crippen MR) is 229 cm³/mol. The molecule has 0 spiro atoms. The number of nitrogens with one attached hydrogen (secondary N) is 2. The van der Waals surface area contributed by atoms with Crippen molar-refractivity contribution in [3.05, 3.63) is 108 Å². The van der Waals surface area contributed by atoms with Crippen LogP contribution in [0.2, 0.25) is 0 Å². The van der Waals surface area contributed by atoms with Gasteiger partial charge in [-0.3, -0.25) is 5.32 Å². The summed E-state index contributed by atoms with van der Waals surface area (Å²) in [4.78, 5) is 0. The predicted octanol–water partition coefficient (Wildman–Crippen LogP) is 6.93. The minimum Gasteiger partial charge on any atom is -0.381 e. The van der Waals surface area contributed by atoms with Crippen LogP contribution in [0.3, 0.4) is 0 Å². The molecule has 2 fully saturated rings. The van der Waals surface area contributed by atoms with Gasteiger partial charge in [-0.2, -0.15) is 10.5 Å². The van der Waals surface area contributed by atoms with Gasteiger partial charge in [-0.25, -0.2) is 9.76 Å². The number of rotatable bonds is 22. The lowest BCUT2D eigenvalue weighted by Crippen LogP contribution is -2.53. The summed E-state index contributed by atoms with van der Waals surface area (Å²) in [5, 5.41) is 26.0. The second-order valence-electron chi connectivity index (χ2n) is 14.6. The molecule has 0 aromatic heterocycles. The van der Waals surface area contributed by atoms with Crippen LogP contribution in [-0.2, 0) is 44.9 Å². The number of nitriles is 2. The lowest BCUT2D eigenvalue weighted by Gasteiger charge is -2.40. The fourth-order valence-corrected chi connectivity index (χ4v) is 11.4. The second-order valence-corrected chi connectivity index (χ2v) is 19.3. The molecule has 8 atom stereocenters. The Kier molecular flexibility index (Phi) is 17.7. The third kappa shape index (κ3) is 12.3. The third-order valence-corrected chi connectivity index (χ3v) is 14.5. The Labute approximate surface area is 348 Å². The Morgan fingerprint density at radius 1 is 0.754 bits per heavy atom. The molecule has 0 saturated carbocycles. The van der Waals surface area contributed by atoms with Crippen LogP contribution < -0.4 is 10.4 Å². The fraction of sp³-hybridized carbons (Fsp3) is 0.512. The first-order chi connectivity index (χ1) is 27.5. The smallest absolute Gasteiger partial charge is 0.261 e. The summed E-state index contributed by atoms with van der Waals surface area (Å²) >= 11 is 6.14. The van der Waals surface area contributed by atoms with E-state index in [2.05, 4.69) is 91.3 Å². The maximum absolute atomic E-state index is 9.36. The molecule has 3 aromatic rings. The molecule has 4 radical (unpaired) electrons. The molecule has 16 heteroatoms. The highest BCUT2D eigenvalue weighted by atomic mass is 32.5. The van der Waals surface area contributed by atoms with E-state index in [0.717, 1.165) is 16.7 Å². The quantitative estimate of drug-likeness (QED) is 0.0472. The van der Waals surface area contributed by atoms with Crippen LogP contribution in [0.25, 0.3) is 0 Å². The van der Waals surface area contributed by atoms with E-state index < -0.39 is 51.0 Å². The molecule has 2 aliphatic rings. The van der Waals surface area contributed by atoms with Crippen molar-refractivity contribution in [2.24, 2.45) is 0 Å². The maximum atomic E-state index is 9.36. The van der Waals surface area contributed by atoms with Crippen LogP contribution >= 0.6 is 15.2 Å². The van der Waals surface area contributed by atoms with Crippen LogP contribution in [0.1, 0.15) is 70.1 Å². The average molecular weight is 828 g/mol. The molecule has 0 amide bonds. The van der Waals surface area contributed by atoms with Crippen molar-refractivity contribution in [1.82, 2.24) is 15.1 Å². The highest BCUT2D eigenvalue weighted by molar-refractivity contribution is 8.09. The molecule has 5 rings (SSSR count). The van der Waals surface area contributed by atoms with Crippen LogP contribution in [0.5, 0.6) is 0 Å². The van der Waals surface area contributed by atoms with E-state index >= 15 is 0 Å². The molecule has 0 bridgehead atoms. The first-order valence-electron chi connectivity index (χ1n) is 19.5. The SMILES string of the molecule is [B][C@H]1C[C@@H](NC(c2ccccc2)(c2ccccc2)c2ccccc2)[C@@H](COP(=S)(N[C@@H]2C[C@H]([B])O[C@@H]2COP(OCCC#N)N(C(C)C)C(C)C)OCCC#N)O1. The summed E-state index contributed by atoms with van der Waals surface area (Å²) in [5.74, 6) is 0. The van der Waals surface area contributed by atoms with Gasteiger partial charge < -0.3 is 27.6 Å². The number of hydrogen-bond donors (Lipinski definition) is 2. The van der Waals surface area contributed by atoms with Crippen molar-refractivity contribution in [2.75, 3.05) is 26.4 Å². The average Bonchev–Trinajstić information content (AvgIpc) is 3.74. The van der Waals surface area contributed by atoms with Crippen molar-refractivity contribution in [3.63, 3.8) is 0 Å². The van der Waals surface area contributed by atoms with E-state index in [4.69, 9.17) is 60.3 Å². The highest BCUT2D eigenvalue weighted by Crippen LogP contribution is 2.49. The molecule has 0 aliphatic carbocycles. The summed E-state index contributed by atoms with van der Waals surface area (Å²) in [7, 11) is 11.4. The van der Waals surface area contributed by atoms with Gasteiger partial charge in [0, 0.05) is 36.2 Å². The summed E-state index contributed by atoms with van der Waals surface area (Å²) in [6, 6.07) is 33.8. The lowest BCUT2D eigenvalue weighted by molar-refractivity contribution is 0.0305. The van der Waals surface area contributed by atoms with E-state index in [0.29, 0.717) is 12.8 Å². The molecule has 57 heavy (non-hydrogen) atoms. The van der Waals surface area contributed by atoms with Crippen LogP contribution in [-0.4, -0.2) is 95.2 Å². The standard InChI is InChI=1S/C41H53B2N5O6P2S/c1-30(2)48(31(3)4)55(49-24-14-22-44)50-28-37-36(27-40(43)53-37)47-56(57,51-25-15-23-45)52-29-38-35(26-39(42)54-38)46-41(32-16-8-5-9-17-32,33-18-10-6-11-19-33)34-20-12-7-13-21-34/h5-13,16-21,30-31,35-40,46H,14-15,24-29H2,1-4H3,(H,47,57)/t35-,36-,37-,38-,39-,40-,55?,56?/m1/s1. The summed E-state index contributed by atoms with van der Waals surface area (Å²) < 4.78 is 39.9. The minimum absolute atomic E-state index is 0.0627. The van der Waals surface area contributed by atoms with Gasteiger partial charge in [0.1, 0.15) is 15.7 Å². The second kappa shape index (κ2) is 22.2. The van der Waals surface area contributed by atoms with Crippen LogP contribution in [0, 0.1) is 22.7 Å². The van der Waals surface area contributed by atoms with Crippen LogP contribution in [0.15, 0.2) is 91.0 Å². The van der Waals surface area contributed by atoms with Gasteiger partial charge in [0.15, 0.2) is 0 Å². The Morgan fingerprint density at radius 2 is 1.23 bits per heavy atom. The molecule has 3 aromatic carbocycles. The number of ether oxygens (including phenoxy) is 2. The first-order valence-corrected chi connectivity index (χ1v) is 23.3. The zero-order chi connectivity index (χ0) is 40.8. The van der Waals surface area contributed by atoms with E-state index in [-0.39, 0.29) is 57.4 Å². The number of nitrogens with zero attached hydrogens (tertiary/aromatic N) is 3. The van der Waals surface area contributed by atoms with Crippen LogP contribution in [0.4, 0.5) is 0 Å². The number of benzene rings is 3. The molecule has 11 nitrogen and oxygen atoms in total. The zero-order valence-corrected chi connectivity index (χ0v) is 35.8. The molecular formula is C41H53B2N5O6P2S. The Bertz CT molecular complexity index is 1690. The lowest BCUT2D eigenvalue weighted by atomic mass is 9.76. The normalized spacial score (nSPS) is 24.0. The first kappa shape index (κ1) is 45.6. The van der Waals surface area contributed by atoms with Gasteiger partial charge in [-0.1, -0.05) is 91.0 Å². The van der Waals surface area contributed by atoms with Gasteiger partial charge in [-0.15, -0.1) is 0 Å². The van der Waals surface area contributed by atoms with Gasteiger partial charge in [0.2, 0.25) is 0 Å². The zero-order valence-electron chi connectivity index (χ0n) is 33.2. The van der Waals surface area contributed by atoms with Crippen molar-refractivity contribution >= 4 is 42.7 Å². The van der Waals surface area contributed by atoms with Gasteiger partial charge in [0.25, 0.3) is 15.2 Å². The fourth-order valence-electron chi connectivity index (χ4n) is 7.39. The van der Waals surface area contributed by atoms with Gasteiger partial charge >= 0.3 is 0 Å².